The Hall–Kier alpha value is -0.860. The van der Waals surface area contributed by atoms with Gasteiger partial charge in [0.2, 0.25) is 0 Å². The van der Waals surface area contributed by atoms with E-state index in [1.165, 1.54) is 17.5 Å². The minimum Gasteiger partial charge on any atom is -0.379 e. The van der Waals surface area contributed by atoms with Crippen LogP contribution in [0, 0.1) is 0 Å². The number of benzene rings is 1. The Bertz CT molecular complexity index is 307. The molecule has 1 aromatic carbocycles. The predicted octanol–water partition coefficient (Wildman–Crippen LogP) is 3.72. The number of hydrogen-bond acceptors (Lipinski definition) is 2. The van der Waals surface area contributed by atoms with Gasteiger partial charge in [-0.25, -0.2) is 0 Å². The lowest BCUT2D eigenvalue weighted by Gasteiger charge is -2.18. The molecule has 1 N–H and O–H groups in total. The number of rotatable bonds is 9. The van der Waals surface area contributed by atoms with Crippen molar-refractivity contribution >= 4 is 0 Å². The van der Waals surface area contributed by atoms with Gasteiger partial charge in [-0.15, -0.1) is 0 Å². The molecule has 0 aliphatic rings. The van der Waals surface area contributed by atoms with Crippen LogP contribution in [0.2, 0.25) is 0 Å². The molecule has 0 aliphatic heterocycles. The van der Waals surface area contributed by atoms with Gasteiger partial charge in [0.25, 0.3) is 0 Å². The Morgan fingerprint density at radius 1 is 1.11 bits per heavy atom. The highest BCUT2D eigenvalue weighted by Gasteiger charge is 2.09. The summed E-state index contributed by atoms with van der Waals surface area (Å²) in [6, 6.07) is 9.18. The fraction of sp³-hybridized carbons (Fsp3) is 0.625. The van der Waals surface area contributed by atoms with Crippen LogP contribution in [0.5, 0.6) is 0 Å². The lowest BCUT2D eigenvalue weighted by Crippen LogP contribution is -2.25. The van der Waals surface area contributed by atoms with Crippen LogP contribution >= 0.6 is 0 Å². The summed E-state index contributed by atoms with van der Waals surface area (Å²) < 4.78 is 5.74. The maximum Gasteiger partial charge on any atom is 0.0661 e. The molecule has 0 fully saturated rings. The lowest BCUT2D eigenvalue weighted by molar-refractivity contribution is 0.109. The minimum atomic E-state index is 0.317. The zero-order valence-corrected chi connectivity index (χ0v) is 12.0. The summed E-state index contributed by atoms with van der Waals surface area (Å²) >= 11 is 0. The maximum absolute atomic E-state index is 5.74. The van der Waals surface area contributed by atoms with Gasteiger partial charge in [-0.05, 0) is 30.5 Å². The molecule has 2 heteroatoms. The van der Waals surface area contributed by atoms with Crippen molar-refractivity contribution in [3.63, 3.8) is 0 Å². The van der Waals surface area contributed by atoms with Crippen molar-refractivity contribution in [1.29, 1.82) is 0 Å². The van der Waals surface area contributed by atoms with Crippen molar-refractivity contribution in [2.45, 2.75) is 46.1 Å². The molecule has 102 valence electrons. The highest BCUT2D eigenvalue weighted by Crippen LogP contribution is 2.15. The van der Waals surface area contributed by atoms with Crippen LogP contribution in [0.15, 0.2) is 24.3 Å². The normalized spacial score (nSPS) is 12.6. The SMILES string of the molecule is CCCCOCC(NCC)c1ccc(CC)cc1. The zero-order valence-electron chi connectivity index (χ0n) is 12.0. The summed E-state index contributed by atoms with van der Waals surface area (Å²) in [5.41, 5.74) is 2.71. The number of hydrogen-bond donors (Lipinski definition) is 1. The third-order valence-corrected chi connectivity index (χ3v) is 3.17. The molecule has 0 bridgehead atoms. The summed E-state index contributed by atoms with van der Waals surface area (Å²) in [5, 5.41) is 3.49. The highest BCUT2D eigenvalue weighted by molar-refractivity contribution is 5.25. The molecule has 1 unspecified atom stereocenters. The standard InChI is InChI=1S/C16H27NO/c1-4-7-12-18-13-16(17-6-3)15-10-8-14(5-2)9-11-15/h8-11,16-17H,4-7,12-13H2,1-3H3. The van der Waals surface area contributed by atoms with E-state index in [1.807, 2.05) is 0 Å². The Morgan fingerprint density at radius 2 is 1.83 bits per heavy atom. The molecule has 0 heterocycles. The largest absolute Gasteiger partial charge is 0.379 e. The Kier molecular flexibility index (Phi) is 7.70. The molecule has 0 spiro atoms. The highest BCUT2D eigenvalue weighted by atomic mass is 16.5. The quantitative estimate of drug-likeness (QED) is 0.674. The Morgan fingerprint density at radius 3 is 2.39 bits per heavy atom. The van der Waals surface area contributed by atoms with Crippen molar-refractivity contribution in [1.82, 2.24) is 5.32 Å². The zero-order chi connectivity index (χ0) is 13.2. The molecule has 1 atom stereocenters. The molecule has 0 saturated heterocycles. The molecule has 2 nitrogen and oxygen atoms in total. The van der Waals surface area contributed by atoms with Gasteiger partial charge in [-0.3, -0.25) is 0 Å². The summed E-state index contributed by atoms with van der Waals surface area (Å²) in [7, 11) is 0. The molecule has 0 amide bonds. The van der Waals surface area contributed by atoms with Crippen molar-refractivity contribution in [3.8, 4) is 0 Å². The first-order valence-corrected chi connectivity index (χ1v) is 7.21. The van der Waals surface area contributed by atoms with Crippen LogP contribution in [0.4, 0.5) is 0 Å². The minimum absolute atomic E-state index is 0.317. The van der Waals surface area contributed by atoms with Gasteiger partial charge < -0.3 is 10.1 Å². The Balaban J connectivity index is 2.53. The van der Waals surface area contributed by atoms with Crippen molar-refractivity contribution in [2.75, 3.05) is 19.8 Å². The van der Waals surface area contributed by atoms with Crippen LogP contribution in [-0.2, 0) is 11.2 Å². The van der Waals surface area contributed by atoms with Crippen molar-refractivity contribution in [3.05, 3.63) is 35.4 Å². The third-order valence-electron chi connectivity index (χ3n) is 3.17. The summed E-state index contributed by atoms with van der Waals surface area (Å²) in [4.78, 5) is 0. The second kappa shape index (κ2) is 9.12. The fourth-order valence-electron chi connectivity index (χ4n) is 1.95. The molecular formula is C16H27NO. The van der Waals surface area contributed by atoms with Crippen molar-refractivity contribution in [2.24, 2.45) is 0 Å². The molecule has 18 heavy (non-hydrogen) atoms. The van der Waals surface area contributed by atoms with E-state index in [1.54, 1.807) is 0 Å². The number of nitrogens with one attached hydrogen (secondary N) is 1. The summed E-state index contributed by atoms with van der Waals surface area (Å²) in [6.07, 6.45) is 3.43. The molecule has 0 radical (unpaired) electrons. The monoisotopic (exact) mass is 249 g/mol. The van der Waals surface area contributed by atoms with Gasteiger partial charge in [0.1, 0.15) is 0 Å². The van der Waals surface area contributed by atoms with Crippen LogP contribution in [0.25, 0.3) is 0 Å². The molecule has 0 aliphatic carbocycles. The average molecular weight is 249 g/mol. The van der Waals surface area contributed by atoms with E-state index in [0.717, 1.165) is 32.6 Å². The Labute approximate surface area is 112 Å². The van der Waals surface area contributed by atoms with Gasteiger partial charge in [0.15, 0.2) is 0 Å². The summed E-state index contributed by atoms with van der Waals surface area (Å²) in [5.74, 6) is 0. The third kappa shape index (κ3) is 5.19. The van der Waals surface area contributed by atoms with Crippen LogP contribution in [0.3, 0.4) is 0 Å². The van der Waals surface area contributed by atoms with Crippen LogP contribution in [-0.4, -0.2) is 19.8 Å². The molecule has 0 aromatic heterocycles. The number of likely N-dealkylation sites (N-methyl/N-ethyl adjacent to an activating group) is 1. The van der Waals surface area contributed by atoms with Gasteiger partial charge in [0.05, 0.1) is 12.6 Å². The van der Waals surface area contributed by atoms with E-state index in [2.05, 4.69) is 50.4 Å². The first kappa shape index (κ1) is 15.2. The van der Waals surface area contributed by atoms with Crippen LogP contribution in [0.1, 0.15) is 50.8 Å². The predicted molar refractivity (Wildman–Crippen MR) is 78.0 cm³/mol. The van der Waals surface area contributed by atoms with Gasteiger partial charge >= 0.3 is 0 Å². The molecule has 1 rings (SSSR count). The first-order chi connectivity index (χ1) is 8.81. The smallest absolute Gasteiger partial charge is 0.0661 e. The van der Waals surface area contributed by atoms with Gasteiger partial charge in [-0.2, -0.15) is 0 Å². The topological polar surface area (TPSA) is 21.3 Å². The van der Waals surface area contributed by atoms with E-state index in [9.17, 15) is 0 Å². The maximum atomic E-state index is 5.74. The van der Waals surface area contributed by atoms with Gasteiger partial charge in [-0.1, -0.05) is 51.5 Å². The molecule has 1 aromatic rings. The fourth-order valence-corrected chi connectivity index (χ4v) is 1.95. The van der Waals surface area contributed by atoms with E-state index in [4.69, 9.17) is 4.74 Å². The number of aryl methyl sites for hydroxylation is 1. The van der Waals surface area contributed by atoms with E-state index >= 15 is 0 Å². The average Bonchev–Trinajstić information content (AvgIpc) is 2.42. The van der Waals surface area contributed by atoms with Crippen molar-refractivity contribution < 1.29 is 4.74 Å². The second-order valence-electron chi connectivity index (χ2n) is 4.63. The van der Waals surface area contributed by atoms with E-state index < -0.39 is 0 Å². The summed E-state index contributed by atoms with van der Waals surface area (Å²) in [6.45, 7) is 9.11. The lowest BCUT2D eigenvalue weighted by atomic mass is 10.0. The first-order valence-electron chi connectivity index (χ1n) is 7.21. The van der Waals surface area contributed by atoms with E-state index in [-0.39, 0.29) is 0 Å². The van der Waals surface area contributed by atoms with Crippen LogP contribution < -0.4 is 5.32 Å². The number of unbranched alkanes of at least 4 members (excludes halogenated alkanes) is 1. The molecule has 0 saturated carbocycles. The van der Waals surface area contributed by atoms with Gasteiger partial charge in [0, 0.05) is 6.61 Å². The van der Waals surface area contributed by atoms with E-state index in [0.29, 0.717) is 6.04 Å². The molecular weight excluding hydrogens is 222 g/mol. The second-order valence-corrected chi connectivity index (χ2v) is 4.63. The number of ether oxygens (including phenoxy) is 1.